The Morgan fingerprint density at radius 3 is 1.24 bits per heavy atom. The van der Waals surface area contributed by atoms with Crippen LogP contribution in [-0.4, -0.2) is 208 Å². The lowest BCUT2D eigenvalue weighted by atomic mass is 10.00. The highest BCUT2D eigenvalue weighted by atomic mass is 16.6. The summed E-state index contributed by atoms with van der Waals surface area (Å²) in [6.45, 7) is 27.9. The van der Waals surface area contributed by atoms with Gasteiger partial charge in [-0.1, -0.05) is 110 Å². The highest BCUT2D eigenvalue weighted by molar-refractivity contribution is 5.93. The minimum atomic E-state index is -1.55. The van der Waals surface area contributed by atoms with E-state index in [1.807, 2.05) is 110 Å². The van der Waals surface area contributed by atoms with Crippen LogP contribution in [0.25, 0.3) is 0 Å². The second-order valence-electron chi connectivity index (χ2n) is 27.9. The van der Waals surface area contributed by atoms with Gasteiger partial charge in [0.25, 0.3) is 17.7 Å². The molecule has 23 nitrogen and oxygen atoms in total. The molecule has 8 atom stereocenters. The van der Waals surface area contributed by atoms with Gasteiger partial charge >= 0.3 is 35.9 Å². The summed E-state index contributed by atoms with van der Waals surface area (Å²) >= 11 is 0. The molecule has 0 aliphatic carbocycles. The molecule has 2 saturated heterocycles. The zero-order valence-electron chi connectivity index (χ0n) is 59.9. The maximum Gasteiger partial charge on any atom is 0.410 e. The Kier molecular flexibility index (Phi) is 30.9. The number of ether oxygens (including phenoxy) is 8. The number of anilines is 2. The first-order chi connectivity index (χ1) is 45.2. The number of carbonyl (C=O) groups is 9. The quantitative estimate of drug-likeness (QED) is 0.0408. The van der Waals surface area contributed by atoms with E-state index in [4.69, 9.17) is 37.9 Å². The maximum atomic E-state index is 15.1. The van der Waals surface area contributed by atoms with E-state index in [0.717, 1.165) is 40.5 Å². The second-order valence-corrected chi connectivity index (χ2v) is 27.9. The van der Waals surface area contributed by atoms with E-state index in [2.05, 4.69) is 9.80 Å². The maximum absolute atomic E-state index is 15.1. The monoisotopic (exact) mass is 1340 g/mol. The fourth-order valence-electron chi connectivity index (χ4n) is 11.3. The third kappa shape index (κ3) is 24.7. The van der Waals surface area contributed by atoms with Crippen molar-refractivity contribution < 1.29 is 81.0 Å². The van der Waals surface area contributed by atoms with E-state index in [1.165, 1.54) is 56.7 Å². The number of amides is 4. The van der Waals surface area contributed by atoms with Crippen molar-refractivity contribution in [3.05, 3.63) is 95.6 Å². The number of benzene rings is 3. The van der Waals surface area contributed by atoms with Crippen LogP contribution in [0, 0.1) is 23.7 Å². The van der Waals surface area contributed by atoms with Gasteiger partial charge in [0, 0.05) is 72.2 Å². The first kappa shape index (κ1) is 78.9. The molecule has 0 unspecified atom stereocenters. The summed E-state index contributed by atoms with van der Waals surface area (Å²) in [5.41, 5.74) is 3.27. The normalized spacial score (nSPS) is 16.1. The molecule has 23 heteroatoms. The molecule has 96 heavy (non-hydrogen) atoms. The Labute approximate surface area is 569 Å². The van der Waals surface area contributed by atoms with Gasteiger partial charge in [0.05, 0.1) is 26.4 Å². The van der Waals surface area contributed by atoms with Crippen molar-refractivity contribution in [2.24, 2.45) is 23.7 Å². The summed E-state index contributed by atoms with van der Waals surface area (Å²) in [7, 11) is 5.63. The highest BCUT2D eigenvalue weighted by Crippen LogP contribution is 2.27. The zero-order valence-corrected chi connectivity index (χ0v) is 59.9. The zero-order chi connectivity index (χ0) is 71.1. The van der Waals surface area contributed by atoms with Crippen LogP contribution in [0.5, 0.6) is 0 Å². The van der Waals surface area contributed by atoms with Gasteiger partial charge in [-0.05, 0) is 138 Å². The number of likely N-dealkylation sites (N-methyl/N-ethyl adjacent to an activating group) is 4. The van der Waals surface area contributed by atoms with Gasteiger partial charge in [-0.25, -0.2) is 28.8 Å². The average molecular weight is 1340 g/mol. The predicted molar refractivity (Wildman–Crippen MR) is 363 cm³/mol. The minimum Gasteiger partial charge on any atom is -0.458 e. The topological polar surface area (TPSA) is 247 Å². The number of carbonyl (C=O) groups excluding carboxylic acids is 9. The summed E-state index contributed by atoms with van der Waals surface area (Å²) in [6.07, 6.45) is -6.09. The summed E-state index contributed by atoms with van der Waals surface area (Å²) in [5.74, 6) is -7.34. The van der Waals surface area contributed by atoms with Gasteiger partial charge in [0.1, 0.15) is 36.4 Å². The molecule has 2 aliphatic rings. The van der Waals surface area contributed by atoms with Gasteiger partial charge in [-0.2, -0.15) is 0 Å². The molecule has 0 N–H and O–H groups in total. The molecule has 0 bridgehead atoms. The fraction of sp³-hybridized carbons (Fsp3) is 0.630. The summed E-state index contributed by atoms with van der Waals surface area (Å²) < 4.78 is 46.3. The SMILES string of the molecule is CC(C)C[C@@H](C(=O)O[C@H](CCc1ccc(N2CCOCC2)cc1)C(=O)N(C)[C@@H](CC(C)C)C(=O)O[C@H](C)C(=O)N(C)[C@@H](CC(C)C)C(=O)O[C@H](Cc1ccc(N2CCOCC2)cc1)C(=O)N(C)[C@@H](CC(C)C)C(=O)O[C@H](C)C(=O)OCc1ccccc1)N(C)C(=O)OC(C)(C)C. The molecule has 2 heterocycles. The number of nitrogens with zero attached hydrogens (tertiary/aromatic N) is 6. The van der Waals surface area contributed by atoms with Gasteiger partial charge in [0.2, 0.25) is 0 Å². The fourth-order valence-corrected chi connectivity index (χ4v) is 11.3. The molecule has 0 radical (unpaired) electrons. The first-order valence-electron chi connectivity index (χ1n) is 33.9. The van der Waals surface area contributed by atoms with Crippen LogP contribution in [0.15, 0.2) is 78.9 Å². The molecule has 5 rings (SSSR count). The van der Waals surface area contributed by atoms with Crippen molar-refractivity contribution in [1.29, 1.82) is 0 Å². The van der Waals surface area contributed by atoms with E-state index in [0.29, 0.717) is 45.1 Å². The largest absolute Gasteiger partial charge is 0.458 e. The number of aryl methyl sites for hydroxylation is 1. The molecule has 0 aromatic heterocycles. The Balaban J connectivity index is 1.40. The van der Waals surface area contributed by atoms with Gasteiger partial charge in [0.15, 0.2) is 24.4 Å². The van der Waals surface area contributed by atoms with E-state index in [-0.39, 0.29) is 75.2 Å². The van der Waals surface area contributed by atoms with E-state index in [1.54, 1.807) is 45.0 Å². The van der Waals surface area contributed by atoms with Crippen molar-refractivity contribution in [1.82, 2.24) is 19.6 Å². The minimum absolute atomic E-state index is 0.00492. The molecule has 532 valence electrons. The lowest BCUT2D eigenvalue weighted by molar-refractivity contribution is -0.175. The Hall–Kier alpha value is -7.79. The molecule has 2 aliphatic heterocycles. The van der Waals surface area contributed by atoms with Crippen molar-refractivity contribution in [3.63, 3.8) is 0 Å². The summed E-state index contributed by atoms with van der Waals surface area (Å²) in [4.78, 5) is 139. The number of esters is 5. The molecule has 0 saturated carbocycles. The third-order valence-electron chi connectivity index (χ3n) is 16.8. The Morgan fingerprint density at radius 1 is 0.438 bits per heavy atom. The second kappa shape index (κ2) is 37.6. The molecular formula is C73H108N6O17. The summed E-state index contributed by atoms with van der Waals surface area (Å²) in [5, 5.41) is 0. The van der Waals surface area contributed by atoms with Gasteiger partial charge < -0.3 is 62.4 Å². The number of hydrogen-bond donors (Lipinski definition) is 0. The molecule has 3 aromatic rings. The molecule has 2 fully saturated rings. The lowest BCUT2D eigenvalue weighted by Gasteiger charge is -2.34. The molecule has 4 amide bonds. The highest BCUT2D eigenvalue weighted by Gasteiger charge is 2.42. The molecular weight excluding hydrogens is 1230 g/mol. The van der Waals surface area contributed by atoms with Crippen LogP contribution in [0.1, 0.15) is 139 Å². The van der Waals surface area contributed by atoms with Crippen LogP contribution in [0.4, 0.5) is 16.2 Å². The number of morpholine rings is 2. The molecule has 0 spiro atoms. The van der Waals surface area contributed by atoms with Gasteiger partial charge in [-0.15, -0.1) is 0 Å². The summed E-state index contributed by atoms with van der Waals surface area (Å²) in [6, 6.07) is 19.3. The lowest BCUT2D eigenvalue weighted by Crippen LogP contribution is -2.53. The van der Waals surface area contributed by atoms with E-state index < -0.39 is 108 Å². The van der Waals surface area contributed by atoms with Crippen LogP contribution in [-0.2, 0) is 95.7 Å². The van der Waals surface area contributed by atoms with Crippen molar-refractivity contribution in [2.45, 2.75) is 196 Å². The Morgan fingerprint density at radius 2 is 0.812 bits per heavy atom. The van der Waals surface area contributed by atoms with E-state index >= 15 is 9.59 Å². The third-order valence-corrected chi connectivity index (χ3v) is 16.8. The van der Waals surface area contributed by atoms with Crippen LogP contribution in [0.2, 0.25) is 0 Å². The standard InChI is InChI=1S/C73H108N6O17/c1-47(2)41-58(75(15)65(81)62(32-27-53-23-28-56(29-24-53)78-33-37-89-38-34-78)94-71(87)61(44-50(7)8)77(17)72(88)96-73(11,12)13)68(84)92-51(9)64(80)74(14)60(43-49(5)6)70(86)95-63(45-54-25-30-57(31-26-54)79-35-39-90-40-36-79)66(82)76(16)59(42-48(3)4)69(85)93-52(10)67(83)91-46-55-21-19-18-20-22-55/h18-26,28-31,47-52,58-63H,27,32-46H2,1-17H3/t51-,52-,58+,59+,60+,61+,62-,63-/m1/s1. The van der Waals surface area contributed by atoms with Crippen LogP contribution in [0.3, 0.4) is 0 Å². The van der Waals surface area contributed by atoms with Crippen LogP contribution < -0.4 is 9.80 Å². The van der Waals surface area contributed by atoms with Crippen molar-refractivity contribution >= 4 is 65.0 Å². The Bertz CT molecular complexity index is 3000. The first-order valence-corrected chi connectivity index (χ1v) is 33.9. The predicted octanol–water partition coefficient (Wildman–Crippen LogP) is 8.87. The van der Waals surface area contributed by atoms with E-state index in [9.17, 15) is 33.6 Å². The number of rotatable bonds is 33. The van der Waals surface area contributed by atoms with Crippen molar-refractivity contribution in [2.75, 3.05) is 90.6 Å². The molecule has 3 aromatic carbocycles. The number of hydrogen-bond acceptors (Lipinski definition) is 19. The smallest absolute Gasteiger partial charge is 0.410 e. The van der Waals surface area contributed by atoms with Crippen molar-refractivity contribution in [3.8, 4) is 0 Å². The van der Waals surface area contributed by atoms with Crippen LogP contribution >= 0.6 is 0 Å². The van der Waals surface area contributed by atoms with Gasteiger partial charge in [-0.3, -0.25) is 19.3 Å². The average Bonchev–Trinajstić information content (AvgIpc) is 0.835.